The summed E-state index contributed by atoms with van der Waals surface area (Å²) in [6.07, 6.45) is 0. The maximum Gasteiger partial charge on any atom is 0.279 e. The van der Waals surface area contributed by atoms with Crippen molar-refractivity contribution in [2.24, 2.45) is 5.92 Å². The second kappa shape index (κ2) is 14.4. The highest BCUT2D eigenvalue weighted by atomic mass is 32.1. The summed E-state index contributed by atoms with van der Waals surface area (Å²) in [6.45, 7) is 5.14. The van der Waals surface area contributed by atoms with Gasteiger partial charge in [0.05, 0.1) is 5.52 Å². The number of para-hydroxylation sites is 4. The van der Waals surface area contributed by atoms with Crippen LogP contribution >= 0.6 is 11.7 Å². The first-order chi connectivity index (χ1) is 26.6. The third-order valence-electron chi connectivity index (χ3n) is 9.59. The third kappa shape index (κ3) is 6.16. The Hall–Kier alpha value is -6.64. The van der Waals surface area contributed by atoms with Crippen LogP contribution in [-0.2, 0) is 6.54 Å². The molecule has 8 heteroatoms. The fourth-order valence-electron chi connectivity index (χ4n) is 7.25. The zero-order valence-electron chi connectivity index (χ0n) is 30.0. The van der Waals surface area contributed by atoms with Crippen LogP contribution in [0.4, 0.5) is 34.1 Å². The van der Waals surface area contributed by atoms with Crippen molar-refractivity contribution in [3.8, 4) is 22.3 Å². The lowest BCUT2D eigenvalue weighted by molar-refractivity contribution is 0.483. The highest BCUT2D eigenvalue weighted by molar-refractivity contribution is 7.00. The number of fused-ring (bicyclic) bond motifs is 2. The molecule has 0 N–H and O–H groups in total. The van der Waals surface area contributed by atoms with Gasteiger partial charge in [0.2, 0.25) is 0 Å². The van der Waals surface area contributed by atoms with E-state index in [-0.39, 0.29) is 0 Å². The molecule has 7 aromatic carbocycles. The second-order valence-electron chi connectivity index (χ2n) is 13.7. The lowest BCUT2D eigenvalue weighted by Crippen LogP contribution is -2.09. The minimum Gasteiger partial charge on any atom is -0.311 e. The average Bonchev–Trinajstić information content (AvgIpc) is 3.87. The first-order valence-corrected chi connectivity index (χ1v) is 18.9. The number of hydrogen-bond acceptors (Lipinski definition) is 5. The van der Waals surface area contributed by atoms with Gasteiger partial charge in [0.1, 0.15) is 5.52 Å². The Kier molecular flexibility index (Phi) is 8.86. The molecule has 9 aromatic rings. The van der Waals surface area contributed by atoms with Crippen LogP contribution in [0.2, 0.25) is 0 Å². The van der Waals surface area contributed by atoms with Crippen LogP contribution < -0.4 is 14.2 Å². The SMILES string of the molecule is CC(C)Cn1nnc2c(-c3ccc(N(c4ccccc4)c4ccccc4)cc3)c3[n-][s+]nc3c(-c3ccc(N(c4ccccc4)c4ccccc4)cc3)c21. The molecule has 262 valence electrons. The fourth-order valence-corrected chi connectivity index (χ4v) is 7.81. The van der Waals surface area contributed by atoms with Crippen molar-refractivity contribution in [3.05, 3.63) is 170 Å². The van der Waals surface area contributed by atoms with E-state index >= 15 is 0 Å². The van der Waals surface area contributed by atoms with E-state index in [1.54, 1.807) is 0 Å². The van der Waals surface area contributed by atoms with Gasteiger partial charge in [-0.1, -0.05) is 116 Å². The lowest BCUT2D eigenvalue weighted by atomic mass is 9.94. The molecule has 54 heavy (non-hydrogen) atoms. The molecule has 0 bridgehead atoms. The van der Waals surface area contributed by atoms with E-state index < -0.39 is 0 Å². The largest absolute Gasteiger partial charge is 0.311 e. The molecule has 0 aliphatic heterocycles. The van der Waals surface area contributed by atoms with E-state index in [4.69, 9.17) is 19.1 Å². The van der Waals surface area contributed by atoms with Gasteiger partial charge in [-0.15, -0.1) is 5.10 Å². The van der Waals surface area contributed by atoms with Crippen molar-refractivity contribution >= 4 is 67.9 Å². The topological polar surface area (TPSA) is 64.2 Å². The van der Waals surface area contributed by atoms with Crippen LogP contribution in [0.25, 0.3) is 44.3 Å². The normalized spacial score (nSPS) is 11.4. The zero-order chi connectivity index (χ0) is 36.4. The molecular weight excluding hydrogens is 683 g/mol. The predicted molar refractivity (Wildman–Crippen MR) is 224 cm³/mol. The van der Waals surface area contributed by atoms with E-state index in [1.807, 2.05) is 28.9 Å². The highest BCUT2D eigenvalue weighted by Crippen LogP contribution is 2.44. The quantitative estimate of drug-likeness (QED) is 0.131. The molecule has 0 atom stereocenters. The molecule has 0 aliphatic carbocycles. The summed E-state index contributed by atoms with van der Waals surface area (Å²) in [5.41, 5.74) is 13.9. The summed E-state index contributed by atoms with van der Waals surface area (Å²) in [5, 5.41) is 9.63. The number of rotatable bonds is 10. The monoisotopic (exact) mass is 719 g/mol. The van der Waals surface area contributed by atoms with Crippen molar-refractivity contribution in [1.82, 2.24) is 23.7 Å². The third-order valence-corrected chi connectivity index (χ3v) is 10.1. The molecule has 9 rings (SSSR count). The van der Waals surface area contributed by atoms with Gasteiger partial charge in [-0.2, -0.15) is 8.75 Å². The van der Waals surface area contributed by atoms with Crippen molar-refractivity contribution in [2.45, 2.75) is 20.4 Å². The van der Waals surface area contributed by atoms with E-state index in [9.17, 15) is 0 Å². The van der Waals surface area contributed by atoms with E-state index in [2.05, 4.69) is 169 Å². The number of anilines is 6. The Labute approximate surface area is 318 Å². The van der Waals surface area contributed by atoms with Gasteiger partial charge in [-0.3, -0.25) is 0 Å². The first kappa shape index (κ1) is 33.2. The summed E-state index contributed by atoms with van der Waals surface area (Å²) in [4.78, 5) is 4.54. The van der Waals surface area contributed by atoms with Crippen LogP contribution in [0.1, 0.15) is 13.8 Å². The van der Waals surface area contributed by atoms with Crippen molar-refractivity contribution < 1.29 is 0 Å². The molecule has 7 nitrogen and oxygen atoms in total. The molecule has 0 radical (unpaired) electrons. The molecule has 0 spiro atoms. The van der Waals surface area contributed by atoms with Crippen LogP contribution in [-0.4, -0.2) is 19.4 Å². The van der Waals surface area contributed by atoms with Gasteiger partial charge in [0.15, 0.2) is 0 Å². The lowest BCUT2D eigenvalue weighted by Gasteiger charge is -2.26. The summed E-state index contributed by atoms with van der Waals surface area (Å²) in [7, 11) is 0. The number of nitrogens with zero attached hydrogens (tertiary/aromatic N) is 7. The Bertz CT molecular complexity index is 2560. The molecule has 2 heterocycles. The standard InChI is InChI=1S/C46H37N7S/c1-32(2)31-51-46-42(34-25-29-40(30-26-34)53(37-19-11-5-12-20-37)38-21-13-6-14-22-38)44-43(48-54-49-44)41(45(46)47-50-51)33-23-27-39(28-24-33)52(35-15-7-3-8-16-35)36-17-9-4-10-18-36/h3-30,32H,31H2,1-2H3. The molecule has 0 unspecified atom stereocenters. The van der Waals surface area contributed by atoms with Gasteiger partial charge in [-0.05, 0) is 89.8 Å². The van der Waals surface area contributed by atoms with Gasteiger partial charge in [0.25, 0.3) is 11.7 Å². The minimum absolute atomic E-state index is 0.365. The average molecular weight is 720 g/mol. The van der Waals surface area contributed by atoms with Crippen molar-refractivity contribution in [1.29, 1.82) is 0 Å². The predicted octanol–water partition coefficient (Wildman–Crippen LogP) is 12.2. The maximum atomic E-state index is 4.95. The minimum atomic E-state index is 0.365. The molecular formula is C46H37N7S. The number of hydrogen-bond donors (Lipinski definition) is 0. The Morgan fingerprint density at radius 2 is 0.926 bits per heavy atom. The Morgan fingerprint density at radius 1 is 0.519 bits per heavy atom. The van der Waals surface area contributed by atoms with Gasteiger partial charge < -0.3 is 9.80 Å². The second-order valence-corrected chi connectivity index (χ2v) is 14.2. The molecule has 0 saturated heterocycles. The molecule has 0 aliphatic rings. The van der Waals surface area contributed by atoms with Crippen LogP contribution in [0, 0.1) is 5.92 Å². The Balaban J connectivity index is 1.18. The van der Waals surface area contributed by atoms with E-state index in [1.165, 1.54) is 11.7 Å². The van der Waals surface area contributed by atoms with Crippen molar-refractivity contribution in [2.75, 3.05) is 9.80 Å². The molecule has 2 aromatic heterocycles. The van der Waals surface area contributed by atoms with E-state index in [0.717, 1.165) is 85.0 Å². The van der Waals surface area contributed by atoms with Crippen molar-refractivity contribution in [3.63, 3.8) is 0 Å². The zero-order valence-corrected chi connectivity index (χ0v) is 30.8. The summed E-state index contributed by atoms with van der Waals surface area (Å²) < 4.78 is 11.9. The molecule has 0 saturated carbocycles. The summed E-state index contributed by atoms with van der Waals surface area (Å²) in [6, 6.07) is 59.2. The molecule has 0 fully saturated rings. The van der Waals surface area contributed by atoms with Gasteiger partial charge >= 0.3 is 0 Å². The fraction of sp³-hybridized carbons (Fsp3) is 0.0870. The number of aromatic nitrogens is 5. The van der Waals surface area contributed by atoms with E-state index in [0.29, 0.717) is 5.92 Å². The van der Waals surface area contributed by atoms with Crippen LogP contribution in [0.15, 0.2) is 170 Å². The van der Waals surface area contributed by atoms with Crippen LogP contribution in [0.5, 0.6) is 0 Å². The Morgan fingerprint density at radius 3 is 1.35 bits per heavy atom. The van der Waals surface area contributed by atoms with Crippen LogP contribution in [0.3, 0.4) is 0 Å². The highest BCUT2D eigenvalue weighted by Gasteiger charge is 2.24. The summed E-state index contributed by atoms with van der Waals surface area (Å²) >= 11 is 1.24. The smallest absolute Gasteiger partial charge is 0.279 e. The van der Waals surface area contributed by atoms with Gasteiger partial charge in [0, 0.05) is 62.8 Å². The molecule has 0 amide bonds. The summed E-state index contributed by atoms with van der Waals surface area (Å²) in [5.74, 6) is 0.365. The maximum absolute atomic E-state index is 4.95. The number of benzene rings is 7. The first-order valence-electron chi connectivity index (χ1n) is 18.2. The van der Waals surface area contributed by atoms with Gasteiger partial charge in [-0.25, -0.2) is 4.68 Å².